The number of aliphatic hydroxyl groups is 1. The first-order chi connectivity index (χ1) is 18.9. The van der Waals surface area contributed by atoms with E-state index in [4.69, 9.17) is 21.4 Å². The van der Waals surface area contributed by atoms with Crippen LogP contribution in [0, 0.1) is 0 Å². The molecule has 0 spiro atoms. The molecule has 41 heavy (non-hydrogen) atoms. The van der Waals surface area contributed by atoms with Crippen molar-refractivity contribution >= 4 is 28.6 Å². The lowest BCUT2D eigenvalue weighted by Gasteiger charge is -2.37. The number of alkyl halides is 6. The molecule has 2 N–H and O–H groups in total. The summed E-state index contributed by atoms with van der Waals surface area (Å²) in [6.07, 6.45) is -9.92. The number of aromatic nitrogens is 3. The highest BCUT2D eigenvalue weighted by molar-refractivity contribution is 6.31. The number of carboxylic acids is 1. The van der Waals surface area contributed by atoms with Crippen LogP contribution in [0.2, 0.25) is 5.02 Å². The number of benzene rings is 2. The Morgan fingerprint density at radius 2 is 1.63 bits per heavy atom. The third-order valence-electron chi connectivity index (χ3n) is 6.85. The molecule has 0 aliphatic carbocycles. The van der Waals surface area contributed by atoms with Gasteiger partial charge in [0.05, 0.1) is 22.2 Å². The van der Waals surface area contributed by atoms with Crippen molar-refractivity contribution in [2.24, 2.45) is 14.1 Å². The summed E-state index contributed by atoms with van der Waals surface area (Å²) in [5.41, 5.74) is -6.76. The first-order valence-corrected chi connectivity index (χ1v) is 12.0. The van der Waals surface area contributed by atoms with Crippen molar-refractivity contribution in [3.63, 3.8) is 0 Å². The number of aromatic carboxylic acids is 1. The summed E-state index contributed by atoms with van der Waals surface area (Å²) in [7, 11) is 2.83. The predicted molar refractivity (Wildman–Crippen MR) is 134 cm³/mol. The van der Waals surface area contributed by atoms with Gasteiger partial charge in [-0.3, -0.25) is 9.13 Å². The van der Waals surface area contributed by atoms with E-state index in [1.54, 1.807) is 0 Å². The Balaban J connectivity index is 1.72. The Morgan fingerprint density at radius 1 is 1.00 bits per heavy atom. The summed E-state index contributed by atoms with van der Waals surface area (Å²) in [6, 6.07) is 7.28. The SMILES string of the molecule is C[C@H](c1ccc(Oc2cc(C(=O)O)c(C(F)(F)F)cn2)cc1Cl)[C@@](O)(c1ccc2c(c1)n(C)c(=O)n2C)C(F)(F)F. The van der Waals surface area contributed by atoms with Gasteiger partial charge in [-0.2, -0.15) is 26.3 Å². The standard InChI is InChI=1S/C26H20ClF6N3O5/c1-12(24(40,26(31,32)33)13-4-7-19-20(8-13)36(3)23(39)35(19)2)15-6-5-14(9-18(15)27)41-21-10-16(22(37)38)17(11-34-21)25(28,29)30/h4-12,40H,1-3H3,(H,37,38)/t12-,24-/m1/s1. The highest BCUT2D eigenvalue weighted by Crippen LogP contribution is 2.50. The van der Waals surface area contributed by atoms with E-state index in [-0.39, 0.29) is 28.0 Å². The van der Waals surface area contributed by atoms with Crippen LogP contribution in [-0.4, -0.2) is 36.5 Å². The molecule has 15 heteroatoms. The maximum Gasteiger partial charge on any atom is 0.422 e. The summed E-state index contributed by atoms with van der Waals surface area (Å²) in [5, 5.41) is 20.1. The summed E-state index contributed by atoms with van der Waals surface area (Å²) in [5.74, 6) is -4.30. The first-order valence-electron chi connectivity index (χ1n) is 11.6. The molecule has 0 saturated heterocycles. The van der Waals surface area contributed by atoms with Gasteiger partial charge in [0, 0.05) is 37.3 Å². The molecule has 0 saturated carbocycles. The first kappa shape index (κ1) is 29.9. The summed E-state index contributed by atoms with van der Waals surface area (Å²) in [6.45, 7) is 1.10. The van der Waals surface area contributed by atoms with Gasteiger partial charge in [0.25, 0.3) is 0 Å². The highest BCUT2D eigenvalue weighted by atomic mass is 35.5. The van der Waals surface area contributed by atoms with Gasteiger partial charge in [-0.05, 0) is 35.4 Å². The summed E-state index contributed by atoms with van der Waals surface area (Å²) < 4.78 is 90.5. The third-order valence-corrected chi connectivity index (χ3v) is 7.17. The maximum atomic E-state index is 14.5. The van der Waals surface area contributed by atoms with Gasteiger partial charge in [-0.1, -0.05) is 30.7 Å². The van der Waals surface area contributed by atoms with E-state index in [9.17, 15) is 41.0 Å². The van der Waals surface area contributed by atoms with Crippen LogP contribution in [-0.2, 0) is 25.9 Å². The minimum Gasteiger partial charge on any atom is -0.478 e. The zero-order valence-electron chi connectivity index (χ0n) is 21.3. The highest BCUT2D eigenvalue weighted by Gasteiger charge is 2.59. The molecule has 2 aromatic carbocycles. The van der Waals surface area contributed by atoms with Gasteiger partial charge in [-0.25, -0.2) is 14.6 Å². The van der Waals surface area contributed by atoms with Crippen LogP contribution in [0.25, 0.3) is 11.0 Å². The van der Waals surface area contributed by atoms with Crippen molar-refractivity contribution in [2.45, 2.75) is 30.8 Å². The quantitative estimate of drug-likeness (QED) is 0.262. The van der Waals surface area contributed by atoms with E-state index in [0.29, 0.717) is 11.6 Å². The lowest BCUT2D eigenvalue weighted by atomic mass is 9.77. The minimum atomic E-state index is -5.20. The van der Waals surface area contributed by atoms with Gasteiger partial charge in [-0.15, -0.1) is 0 Å². The van der Waals surface area contributed by atoms with Crippen molar-refractivity contribution in [3.8, 4) is 11.6 Å². The number of hydrogen-bond acceptors (Lipinski definition) is 5. The molecule has 0 unspecified atom stereocenters. The normalized spacial score (nSPS) is 14.6. The van der Waals surface area contributed by atoms with Crippen LogP contribution in [0.3, 0.4) is 0 Å². The lowest BCUT2D eigenvalue weighted by molar-refractivity contribution is -0.274. The van der Waals surface area contributed by atoms with Gasteiger partial charge < -0.3 is 14.9 Å². The molecule has 4 aromatic rings. The molecule has 0 aliphatic rings. The van der Waals surface area contributed by atoms with E-state index in [1.807, 2.05) is 0 Å². The zero-order chi connectivity index (χ0) is 30.7. The Bertz CT molecular complexity index is 1730. The van der Waals surface area contributed by atoms with Crippen molar-refractivity contribution < 1.29 is 46.1 Å². The number of pyridine rings is 1. The monoisotopic (exact) mass is 603 g/mol. The Labute approximate surface area is 232 Å². The largest absolute Gasteiger partial charge is 0.478 e. The molecule has 0 aliphatic heterocycles. The van der Waals surface area contributed by atoms with Gasteiger partial charge >= 0.3 is 24.0 Å². The van der Waals surface area contributed by atoms with Gasteiger partial charge in [0.15, 0.2) is 5.60 Å². The molecule has 4 rings (SSSR count). The fourth-order valence-electron chi connectivity index (χ4n) is 4.57. The molecule has 0 fully saturated rings. The van der Waals surface area contributed by atoms with Crippen LogP contribution >= 0.6 is 11.6 Å². The molecular weight excluding hydrogens is 584 g/mol. The second-order valence-electron chi connectivity index (χ2n) is 9.25. The molecule has 218 valence electrons. The van der Waals surface area contributed by atoms with Crippen LogP contribution in [0.4, 0.5) is 26.3 Å². The molecule has 0 radical (unpaired) electrons. The number of hydrogen-bond donors (Lipinski definition) is 2. The van der Waals surface area contributed by atoms with E-state index < -0.39 is 58.1 Å². The van der Waals surface area contributed by atoms with E-state index >= 15 is 0 Å². The van der Waals surface area contributed by atoms with Crippen molar-refractivity contribution in [1.29, 1.82) is 0 Å². The number of carboxylic acid groups (broad SMARTS) is 1. The average Bonchev–Trinajstić information content (AvgIpc) is 3.10. The Kier molecular flexibility index (Phi) is 7.37. The van der Waals surface area contributed by atoms with Gasteiger partial charge in [0.1, 0.15) is 5.75 Å². The molecular formula is C26H20ClF6N3O5. The molecule has 2 aromatic heterocycles. The molecule has 0 amide bonds. The van der Waals surface area contributed by atoms with Crippen LogP contribution in [0.15, 0.2) is 53.5 Å². The van der Waals surface area contributed by atoms with Crippen molar-refractivity contribution in [1.82, 2.24) is 14.1 Å². The smallest absolute Gasteiger partial charge is 0.422 e. The number of carbonyl (C=O) groups is 1. The third kappa shape index (κ3) is 5.12. The molecule has 0 bridgehead atoms. The Hall–Kier alpha value is -4.04. The number of halogens is 7. The molecule has 8 nitrogen and oxygen atoms in total. The van der Waals surface area contributed by atoms with Crippen LogP contribution < -0.4 is 10.4 Å². The second kappa shape index (κ2) is 10.1. The zero-order valence-corrected chi connectivity index (χ0v) is 22.1. The topological polar surface area (TPSA) is 107 Å². The minimum absolute atomic E-state index is 0.157. The summed E-state index contributed by atoms with van der Waals surface area (Å²) in [4.78, 5) is 27.0. The van der Waals surface area contributed by atoms with E-state index in [2.05, 4.69) is 4.98 Å². The summed E-state index contributed by atoms with van der Waals surface area (Å²) >= 11 is 6.27. The van der Waals surface area contributed by atoms with E-state index in [0.717, 1.165) is 41.8 Å². The Morgan fingerprint density at radius 3 is 2.20 bits per heavy atom. The van der Waals surface area contributed by atoms with Crippen molar-refractivity contribution in [3.05, 3.63) is 86.4 Å². The average molecular weight is 604 g/mol. The maximum absolute atomic E-state index is 14.5. The number of nitrogens with zero attached hydrogens (tertiary/aromatic N) is 3. The van der Waals surface area contributed by atoms with Crippen LogP contribution in [0.5, 0.6) is 11.6 Å². The van der Waals surface area contributed by atoms with Crippen LogP contribution in [0.1, 0.15) is 39.9 Å². The second-order valence-corrected chi connectivity index (χ2v) is 9.65. The number of fused-ring (bicyclic) bond motifs is 1. The lowest BCUT2D eigenvalue weighted by Crippen LogP contribution is -2.46. The van der Waals surface area contributed by atoms with Gasteiger partial charge in [0.2, 0.25) is 5.88 Å². The van der Waals surface area contributed by atoms with E-state index in [1.165, 1.54) is 24.7 Å². The molecule has 2 heterocycles. The molecule has 2 atom stereocenters. The van der Waals surface area contributed by atoms with Crippen molar-refractivity contribution in [2.75, 3.05) is 0 Å². The number of rotatable bonds is 6. The fourth-order valence-corrected chi connectivity index (χ4v) is 4.90. The fraction of sp³-hybridized carbons (Fsp3) is 0.269. The predicted octanol–water partition coefficient (Wildman–Crippen LogP) is 5.99. The number of ether oxygens (including phenoxy) is 1. The number of imidazole rings is 1. The number of aryl methyl sites for hydroxylation is 2.